The molecule has 1 atom stereocenters. The molecule has 0 aromatic heterocycles. The van der Waals surface area contributed by atoms with E-state index >= 15 is 0 Å². The molecule has 1 unspecified atom stereocenters. The number of carbonyl (C=O) groups excluding carboxylic acids is 1. The second-order valence-electron chi connectivity index (χ2n) is 5.85. The zero-order valence-electron chi connectivity index (χ0n) is 14.4. The van der Waals surface area contributed by atoms with Crippen molar-refractivity contribution in [3.8, 4) is 11.5 Å². The molecule has 1 aromatic carbocycles. The number of aryl methyl sites for hydroxylation is 1. The number of hydrogen-bond acceptors (Lipinski definition) is 4. The molecule has 0 aliphatic heterocycles. The number of methoxy groups -OCH3 is 2. The van der Waals surface area contributed by atoms with Crippen molar-refractivity contribution in [2.45, 2.75) is 39.2 Å². The van der Waals surface area contributed by atoms with Crippen LogP contribution in [0.3, 0.4) is 0 Å². The largest absolute Gasteiger partial charge is 0.497 e. The standard InChI is InChI=1S/C17H28N2O3.ClH/c1-12(2)7-14(11-18)19-17(20)6-5-13-8-15(21-3)10-16(9-13)22-4;/h8-10,12,14H,5-7,11,18H2,1-4H3,(H,19,20);1H. The van der Waals surface area contributed by atoms with Gasteiger partial charge < -0.3 is 20.5 Å². The molecule has 6 heteroatoms. The molecule has 0 saturated carbocycles. The van der Waals surface area contributed by atoms with Crippen molar-refractivity contribution in [2.24, 2.45) is 11.7 Å². The molecule has 23 heavy (non-hydrogen) atoms. The van der Waals surface area contributed by atoms with Gasteiger partial charge in [-0.25, -0.2) is 0 Å². The molecule has 0 heterocycles. The molecular weight excluding hydrogens is 316 g/mol. The van der Waals surface area contributed by atoms with Gasteiger partial charge in [-0.05, 0) is 36.5 Å². The lowest BCUT2D eigenvalue weighted by atomic mass is 10.0. The van der Waals surface area contributed by atoms with Crippen LogP contribution >= 0.6 is 12.4 Å². The Morgan fingerprint density at radius 1 is 1.17 bits per heavy atom. The zero-order chi connectivity index (χ0) is 16.5. The number of halogens is 1. The molecule has 3 N–H and O–H groups in total. The Bertz CT molecular complexity index is 459. The fraction of sp³-hybridized carbons (Fsp3) is 0.588. The monoisotopic (exact) mass is 344 g/mol. The van der Waals surface area contributed by atoms with Crippen LogP contribution in [0.15, 0.2) is 18.2 Å². The Balaban J connectivity index is 0.00000484. The van der Waals surface area contributed by atoms with E-state index in [-0.39, 0.29) is 24.4 Å². The molecule has 0 bridgehead atoms. The van der Waals surface area contributed by atoms with Crippen LogP contribution in [0.2, 0.25) is 0 Å². The molecule has 1 rings (SSSR count). The van der Waals surface area contributed by atoms with Crippen LogP contribution in [0.1, 0.15) is 32.3 Å². The van der Waals surface area contributed by atoms with Crippen molar-refractivity contribution in [3.63, 3.8) is 0 Å². The molecule has 1 aromatic rings. The summed E-state index contributed by atoms with van der Waals surface area (Å²) in [5.74, 6) is 2.00. The summed E-state index contributed by atoms with van der Waals surface area (Å²) in [5.41, 5.74) is 6.72. The van der Waals surface area contributed by atoms with E-state index in [9.17, 15) is 4.79 Å². The highest BCUT2D eigenvalue weighted by molar-refractivity contribution is 5.85. The first-order valence-corrected chi connectivity index (χ1v) is 7.69. The number of nitrogens with two attached hydrogens (primary N) is 1. The van der Waals surface area contributed by atoms with Crippen LogP contribution in [0.4, 0.5) is 0 Å². The fourth-order valence-corrected chi connectivity index (χ4v) is 2.35. The zero-order valence-corrected chi connectivity index (χ0v) is 15.2. The Morgan fingerprint density at radius 2 is 1.74 bits per heavy atom. The normalized spacial score (nSPS) is 11.6. The van der Waals surface area contributed by atoms with Gasteiger partial charge in [0.1, 0.15) is 11.5 Å². The predicted octanol–water partition coefficient (Wildman–Crippen LogP) is 2.55. The molecule has 1 amide bonds. The van der Waals surface area contributed by atoms with E-state index in [2.05, 4.69) is 19.2 Å². The van der Waals surface area contributed by atoms with E-state index in [0.29, 0.717) is 25.3 Å². The Kier molecular flexibility index (Phi) is 10.4. The van der Waals surface area contributed by atoms with Gasteiger partial charge in [-0.2, -0.15) is 0 Å². The van der Waals surface area contributed by atoms with Gasteiger partial charge >= 0.3 is 0 Å². The number of hydrogen-bond donors (Lipinski definition) is 2. The first-order chi connectivity index (χ1) is 10.5. The summed E-state index contributed by atoms with van der Waals surface area (Å²) in [6.07, 6.45) is 1.96. The molecule has 0 aliphatic rings. The van der Waals surface area contributed by atoms with Crippen LogP contribution in [0.5, 0.6) is 11.5 Å². The molecule has 0 fully saturated rings. The lowest BCUT2D eigenvalue weighted by molar-refractivity contribution is -0.121. The van der Waals surface area contributed by atoms with E-state index in [1.54, 1.807) is 14.2 Å². The number of carbonyl (C=O) groups is 1. The summed E-state index contributed by atoms with van der Waals surface area (Å²) in [4.78, 5) is 12.0. The highest BCUT2D eigenvalue weighted by Gasteiger charge is 2.12. The Hall–Kier alpha value is -1.46. The second-order valence-corrected chi connectivity index (χ2v) is 5.85. The van der Waals surface area contributed by atoms with Crippen molar-refractivity contribution in [1.29, 1.82) is 0 Å². The molecule has 0 saturated heterocycles. The van der Waals surface area contributed by atoms with Crippen LogP contribution in [0.25, 0.3) is 0 Å². The SMILES string of the molecule is COc1cc(CCC(=O)NC(CN)CC(C)C)cc(OC)c1.Cl. The third-order valence-electron chi connectivity index (χ3n) is 3.46. The summed E-state index contributed by atoms with van der Waals surface area (Å²) in [6.45, 7) is 4.71. The minimum Gasteiger partial charge on any atom is -0.497 e. The van der Waals surface area contributed by atoms with Crippen LogP contribution in [-0.4, -0.2) is 32.7 Å². The van der Waals surface area contributed by atoms with Crippen LogP contribution in [0, 0.1) is 5.92 Å². The van der Waals surface area contributed by atoms with Crippen LogP contribution in [-0.2, 0) is 11.2 Å². The Morgan fingerprint density at radius 3 is 2.17 bits per heavy atom. The second kappa shape index (κ2) is 11.1. The van der Waals surface area contributed by atoms with Gasteiger partial charge in [0.05, 0.1) is 14.2 Å². The Labute approximate surface area is 145 Å². The minimum atomic E-state index is 0. The number of amides is 1. The first kappa shape index (κ1) is 21.5. The van der Waals surface area contributed by atoms with Crippen molar-refractivity contribution in [3.05, 3.63) is 23.8 Å². The van der Waals surface area contributed by atoms with Gasteiger partial charge in [-0.15, -0.1) is 12.4 Å². The van der Waals surface area contributed by atoms with Crippen molar-refractivity contribution < 1.29 is 14.3 Å². The summed E-state index contributed by atoms with van der Waals surface area (Å²) in [5, 5.41) is 3.00. The molecule has 0 aliphatic carbocycles. The topological polar surface area (TPSA) is 73.6 Å². The first-order valence-electron chi connectivity index (χ1n) is 7.69. The van der Waals surface area contributed by atoms with Gasteiger partial charge in [-0.1, -0.05) is 13.8 Å². The molecule has 0 radical (unpaired) electrons. The average Bonchev–Trinajstić information content (AvgIpc) is 2.51. The lowest BCUT2D eigenvalue weighted by Gasteiger charge is -2.18. The van der Waals surface area contributed by atoms with E-state index < -0.39 is 0 Å². The maximum absolute atomic E-state index is 12.0. The van der Waals surface area contributed by atoms with E-state index in [4.69, 9.17) is 15.2 Å². The quantitative estimate of drug-likeness (QED) is 0.722. The maximum Gasteiger partial charge on any atom is 0.220 e. The summed E-state index contributed by atoms with van der Waals surface area (Å²) < 4.78 is 10.5. The minimum absolute atomic E-state index is 0. The van der Waals surface area contributed by atoms with Gasteiger partial charge in [0, 0.05) is 25.1 Å². The van der Waals surface area contributed by atoms with E-state index in [1.165, 1.54) is 0 Å². The number of ether oxygens (including phenoxy) is 2. The van der Waals surface area contributed by atoms with Gasteiger partial charge in [0.2, 0.25) is 5.91 Å². The van der Waals surface area contributed by atoms with E-state index in [0.717, 1.165) is 23.5 Å². The van der Waals surface area contributed by atoms with Crippen LogP contribution < -0.4 is 20.5 Å². The average molecular weight is 345 g/mol. The van der Waals surface area contributed by atoms with Crippen molar-refractivity contribution in [2.75, 3.05) is 20.8 Å². The summed E-state index contributed by atoms with van der Waals surface area (Å²) in [7, 11) is 3.23. The molecule has 5 nitrogen and oxygen atoms in total. The van der Waals surface area contributed by atoms with Gasteiger partial charge in [0.25, 0.3) is 0 Å². The predicted molar refractivity (Wildman–Crippen MR) is 95.6 cm³/mol. The number of nitrogens with one attached hydrogen (secondary N) is 1. The highest BCUT2D eigenvalue weighted by atomic mass is 35.5. The molecule has 132 valence electrons. The molecular formula is C17H29ClN2O3. The smallest absolute Gasteiger partial charge is 0.220 e. The van der Waals surface area contributed by atoms with Gasteiger partial charge in [0.15, 0.2) is 0 Å². The summed E-state index contributed by atoms with van der Waals surface area (Å²) in [6, 6.07) is 5.71. The van der Waals surface area contributed by atoms with Crippen molar-refractivity contribution >= 4 is 18.3 Å². The molecule has 0 spiro atoms. The van der Waals surface area contributed by atoms with Gasteiger partial charge in [-0.3, -0.25) is 4.79 Å². The third kappa shape index (κ3) is 8.09. The number of rotatable bonds is 9. The van der Waals surface area contributed by atoms with E-state index in [1.807, 2.05) is 18.2 Å². The van der Waals surface area contributed by atoms with Crippen molar-refractivity contribution in [1.82, 2.24) is 5.32 Å². The third-order valence-corrected chi connectivity index (χ3v) is 3.46. The highest BCUT2D eigenvalue weighted by Crippen LogP contribution is 2.23. The summed E-state index contributed by atoms with van der Waals surface area (Å²) >= 11 is 0. The lowest BCUT2D eigenvalue weighted by Crippen LogP contribution is -2.41. The fourth-order valence-electron chi connectivity index (χ4n) is 2.35. The maximum atomic E-state index is 12.0. The number of benzene rings is 1.